The summed E-state index contributed by atoms with van der Waals surface area (Å²) in [5.74, 6) is -1.07. The van der Waals surface area contributed by atoms with E-state index in [4.69, 9.17) is 0 Å². The Morgan fingerprint density at radius 2 is 1.62 bits per heavy atom. The Balaban J connectivity index is 2.39. The lowest BCUT2D eigenvalue weighted by Gasteiger charge is -2.31. The molecule has 1 atom stereocenters. The van der Waals surface area contributed by atoms with E-state index in [1.54, 1.807) is 6.92 Å². The van der Waals surface area contributed by atoms with Crippen LogP contribution in [0.3, 0.4) is 0 Å². The number of alkyl halides is 3. The van der Waals surface area contributed by atoms with Gasteiger partial charge < -0.3 is 5.11 Å². The number of aliphatic hydroxyl groups excluding tert-OH is 1. The van der Waals surface area contributed by atoms with E-state index < -0.39 is 18.2 Å². The topological polar surface area (TPSA) is 20.2 Å². The maximum Gasteiger partial charge on any atom is 0.391 e. The van der Waals surface area contributed by atoms with E-state index in [-0.39, 0.29) is 18.8 Å². The van der Waals surface area contributed by atoms with Gasteiger partial charge in [-0.05, 0) is 38.5 Å². The van der Waals surface area contributed by atoms with Crippen molar-refractivity contribution in [3.63, 3.8) is 0 Å². The average molecular weight is 196 g/mol. The number of halogens is 3. The number of rotatable bonds is 1. The molecule has 0 unspecified atom stereocenters. The van der Waals surface area contributed by atoms with Gasteiger partial charge in [0.1, 0.15) is 0 Å². The Morgan fingerprint density at radius 3 is 1.92 bits per heavy atom. The van der Waals surface area contributed by atoms with Gasteiger partial charge in [-0.15, -0.1) is 0 Å². The van der Waals surface area contributed by atoms with Crippen molar-refractivity contribution in [2.75, 3.05) is 0 Å². The zero-order chi connectivity index (χ0) is 10.1. The van der Waals surface area contributed by atoms with Crippen LogP contribution in [0.5, 0.6) is 0 Å². The zero-order valence-corrected chi connectivity index (χ0v) is 7.64. The zero-order valence-electron chi connectivity index (χ0n) is 7.64. The lowest BCUT2D eigenvalue weighted by Crippen LogP contribution is -2.30. The van der Waals surface area contributed by atoms with Crippen LogP contribution in [0, 0.1) is 11.8 Å². The lowest BCUT2D eigenvalue weighted by atomic mass is 9.79. The Kier molecular flexibility index (Phi) is 3.22. The molecule has 1 rings (SSSR count). The molecule has 0 aliphatic heterocycles. The predicted molar refractivity (Wildman–Crippen MR) is 43.2 cm³/mol. The molecule has 0 aromatic rings. The van der Waals surface area contributed by atoms with Crippen LogP contribution in [-0.4, -0.2) is 17.4 Å². The van der Waals surface area contributed by atoms with E-state index in [1.165, 1.54) is 0 Å². The van der Waals surface area contributed by atoms with Crippen LogP contribution in [0.4, 0.5) is 13.2 Å². The minimum atomic E-state index is -4.04. The molecular formula is C9H15F3O. The van der Waals surface area contributed by atoms with Gasteiger partial charge in [0.05, 0.1) is 12.0 Å². The van der Waals surface area contributed by atoms with E-state index in [9.17, 15) is 18.3 Å². The highest BCUT2D eigenvalue weighted by Crippen LogP contribution is 2.40. The molecular weight excluding hydrogens is 181 g/mol. The monoisotopic (exact) mass is 196 g/mol. The molecule has 1 fully saturated rings. The first-order valence-electron chi connectivity index (χ1n) is 4.66. The van der Waals surface area contributed by atoms with Crippen molar-refractivity contribution in [1.29, 1.82) is 0 Å². The highest BCUT2D eigenvalue weighted by Gasteiger charge is 2.41. The molecule has 1 aliphatic carbocycles. The summed E-state index contributed by atoms with van der Waals surface area (Å²) in [6, 6.07) is 0. The summed E-state index contributed by atoms with van der Waals surface area (Å²) in [5, 5.41) is 9.18. The van der Waals surface area contributed by atoms with Crippen LogP contribution in [0.25, 0.3) is 0 Å². The van der Waals surface area contributed by atoms with Crippen LogP contribution in [0.2, 0.25) is 0 Å². The Hall–Kier alpha value is -0.250. The SMILES string of the molecule is C[C@@H](O)C1CCC(C(F)(F)F)CC1. The summed E-state index contributed by atoms with van der Waals surface area (Å²) >= 11 is 0. The second-order valence-corrected chi connectivity index (χ2v) is 3.89. The summed E-state index contributed by atoms with van der Waals surface area (Å²) in [6.07, 6.45) is -3.14. The van der Waals surface area contributed by atoms with Crippen molar-refractivity contribution < 1.29 is 18.3 Å². The molecule has 0 amide bonds. The van der Waals surface area contributed by atoms with Crippen LogP contribution < -0.4 is 0 Å². The van der Waals surface area contributed by atoms with Gasteiger partial charge in [0.2, 0.25) is 0 Å². The van der Waals surface area contributed by atoms with Gasteiger partial charge in [-0.2, -0.15) is 13.2 Å². The third-order valence-corrected chi connectivity index (χ3v) is 2.92. The van der Waals surface area contributed by atoms with Gasteiger partial charge in [0, 0.05) is 0 Å². The second kappa shape index (κ2) is 3.86. The van der Waals surface area contributed by atoms with E-state index in [0.717, 1.165) is 0 Å². The molecule has 4 heteroatoms. The molecule has 0 saturated heterocycles. The molecule has 0 aromatic heterocycles. The fraction of sp³-hybridized carbons (Fsp3) is 1.00. The normalized spacial score (nSPS) is 33.0. The maximum atomic E-state index is 12.2. The molecule has 1 saturated carbocycles. The molecule has 1 nitrogen and oxygen atoms in total. The van der Waals surface area contributed by atoms with Gasteiger partial charge >= 0.3 is 6.18 Å². The minimum absolute atomic E-state index is 0.0681. The first-order valence-corrected chi connectivity index (χ1v) is 4.66. The Morgan fingerprint density at radius 1 is 1.15 bits per heavy atom. The quantitative estimate of drug-likeness (QED) is 0.683. The van der Waals surface area contributed by atoms with Gasteiger partial charge in [-0.3, -0.25) is 0 Å². The molecule has 13 heavy (non-hydrogen) atoms. The maximum absolute atomic E-state index is 12.2. The lowest BCUT2D eigenvalue weighted by molar-refractivity contribution is -0.185. The first kappa shape index (κ1) is 10.8. The van der Waals surface area contributed by atoms with E-state index in [2.05, 4.69) is 0 Å². The number of hydrogen-bond donors (Lipinski definition) is 1. The van der Waals surface area contributed by atoms with Crippen molar-refractivity contribution in [2.24, 2.45) is 11.8 Å². The second-order valence-electron chi connectivity index (χ2n) is 3.89. The van der Waals surface area contributed by atoms with Crippen molar-refractivity contribution >= 4 is 0 Å². The predicted octanol–water partition coefficient (Wildman–Crippen LogP) is 2.74. The van der Waals surface area contributed by atoms with Gasteiger partial charge in [-0.1, -0.05) is 0 Å². The van der Waals surface area contributed by atoms with Crippen LogP contribution in [0.1, 0.15) is 32.6 Å². The molecule has 78 valence electrons. The Labute approximate surface area is 75.9 Å². The highest BCUT2D eigenvalue weighted by atomic mass is 19.4. The van der Waals surface area contributed by atoms with E-state index in [0.29, 0.717) is 12.8 Å². The van der Waals surface area contributed by atoms with E-state index >= 15 is 0 Å². The fourth-order valence-corrected chi connectivity index (χ4v) is 1.93. The summed E-state index contributed by atoms with van der Waals surface area (Å²) in [7, 11) is 0. The Bertz CT molecular complexity index is 157. The standard InChI is InChI=1S/C9H15F3O/c1-6(13)7-2-4-8(5-3-7)9(10,11)12/h6-8,13H,2-5H2,1H3/t6-,7?,8?/m1/s1. The fourth-order valence-electron chi connectivity index (χ4n) is 1.93. The third kappa shape index (κ3) is 2.86. The van der Waals surface area contributed by atoms with Crippen molar-refractivity contribution in [1.82, 2.24) is 0 Å². The molecule has 0 aromatic carbocycles. The number of aliphatic hydroxyl groups is 1. The van der Waals surface area contributed by atoms with Crippen molar-refractivity contribution in [3.8, 4) is 0 Å². The molecule has 1 aliphatic rings. The van der Waals surface area contributed by atoms with Gasteiger partial charge in [0.15, 0.2) is 0 Å². The van der Waals surface area contributed by atoms with Crippen LogP contribution in [0.15, 0.2) is 0 Å². The summed E-state index contributed by atoms with van der Waals surface area (Å²) in [6.45, 7) is 1.65. The summed E-state index contributed by atoms with van der Waals surface area (Å²) in [4.78, 5) is 0. The number of hydrogen-bond acceptors (Lipinski definition) is 1. The van der Waals surface area contributed by atoms with Crippen molar-refractivity contribution in [3.05, 3.63) is 0 Å². The smallest absolute Gasteiger partial charge is 0.391 e. The first-order chi connectivity index (χ1) is 5.91. The molecule has 0 heterocycles. The van der Waals surface area contributed by atoms with Gasteiger partial charge in [-0.25, -0.2) is 0 Å². The van der Waals surface area contributed by atoms with Crippen molar-refractivity contribution in [2.45, 2.75) is 44.9 Å². The highest BCUT2D eigenvalue weighted by molar-refractivity contribution is 4.79. The summed E-state index contributed by atoms with van der Waals surface area (Å²) in [5.41, 5.74) is 0. The van der Waals surface area contributed by atoms with Crippen LogP contribution in [-0.2, 0) is 0 Å². The molecule has 0 radical (unpaired) electrons. The average Bonchev–Trinajstić information content (AvgIpc) is 2.03. The largest absolute Gasteiger partial charge is 0.393 e. The molecule has 1 N–H and O–H groups in total. The molecule has 0 spiro atoms. The minimum Gasteiger partial charge on any atom is -0.393 e. The summed E-state index contributed by atoms with van der Waals surface area (Å²) < 4.78 is 36.6. The van der Waals surface area contributed by atoms with Crippen LogP contribution >= 0.6 is 0 Å². The van der Waals surface area contributed by atoms with Gasteiger partial charge in [0.25, 0.3) is 0 Å². The third-order valence-electron chi connectivity index (χ3n) is 2.92. The van der Waals surface area contributed by atoms with E-state index in [1.807, 2.05) is 0 Å². The molecule has 0 bridgehead atoms.